The monoisotopic (exact) mass is 177 g/mol. The minimum absolute atomic E-state index is 0.159. The summed E-state index contributed by atoms with van der Waals surface area (Å²) >= 11 is 0. The van der Waals surface area contributed by atoms with Gasteiger partial charge in [-0.25, -0.2) is 4.79 Å². The topological polar surface area (TPSA) is 92.8 Å². The van der Waals surface area contributed by atoms with Crippen LogP contribution in [0.25, 0.3) is 0 Å². The Morgan fingerprint density at radius 2 is 2.25 bits per heavy atom. The van der Waals surface area contributed by atoms with E-state index in [4.69, 9.17) is 10.8 Å². The number of nitrogens with two attached hydrogens (primary N) is 1. The van der Waals surface area contributed by atoms with Gasteiger partial charge in [-0.05, 0) is 13.8 Å². The maximum Gasteiger partial charge on any atom is 0.340 e. The van der Waals surface area contributed by atoms with E-state index in [1.54, 1.807) is 6.92 Å². The molecule has 0 aromatic heterocycles. The molecular formula is C7H15NO4. The fourth-order valence-electron chi connectivity index (χ4n) is 0.643. The van der Waals surface area contributed by atoms with Gasteiger partial charge in [-0.3, -0.25) is 0 Å². The van der Waals surface area contributed by atoms with Gasteiger partial charge in [0.1, 0.15) is 6.10 Å². The van der Waals surface area contributed by atoms with E-state index in [0.29, 0.717) is 0 Å². The Morgan fingerprint density at radius 1 is 1.75 bits per heavy atom. The third-order valence-electron chi connectivity index (χ3n) is 1.56. The molecule has 0 rings (SSSR count). The van der Waals surface area contributed by atoms with Gasteiger partial charge in [0.2, 0.25) is 0 Å². The molecule has 4 N–H and O–H groups in total. The Balaban J connectivity index is 4.27. The summed E-state index contributed by atoms with van der Waals surface area (Å²) < 4.78 is 4.53. The van der Waals surface area contributed by atoms with Gasteiger partial charge in [0.15, 0.2) is 5.60 Å². The van der Waals surface area contributed by atoms with Gasteiger partial charge in [0.05, 0.1) is 6.61 Å². The molecule has 0 aromatic carbocycles. The smallest absolute Gasteiger partial charge is 0.340 e. The maximum absolute atomic E-state index is 11.0. The first-order valence-corrected chi connectivity index (χ1v) is 3.74. The van der Waals surface area contributed by atoms with Crippen molar-refractivity contribution in [2.45, 2.75) is 25.6 Å². The van der Waals surface area contributed by atoms with Crippen LogP contribution in [-0.2, 0) is 9.53 Å². The second-order valence-corrected chi connectivity index (χ2v) is 2.62. The molecule has 0 spiro atoms. The Kier molecular flexibility index (Phi) is 4.16. The molecule has 0 saturated heterocycles. The van der Waals surface area contributed by atoms with Gasteiger partial charge < -0.3 is 20.7 Å². The van der Waals surface area contributed by atoms with Crippen LogP contribution in [0.5, 0.6) is 0 Å². The van der Waals surface area contributed by atoms with Gasteiger partial charge >= 0.3 is 5.97 Å². The van der Waals surface area contributed by atoms with Crippen LogP contribution in [0.15, 0.2) is 0 Å². The van der Waals surface area contributed by atoms with Gasteiger partial charge in [0, 0.05) is 6.54 Å². The Morgan fingerprint density at radius 3 is 2.58 bits per heavy atom. The average molecular weight is 177 g/mol. The lowest BCUT2D eigenvalue weighted by atomic mass is 10.00. The first-order valence-electron chi connectivity index (χ1n) is 3.74. The zero-order chi connectivity index (χ0) is 9.78. The van der Waals surface area contributed by atoms with Gasteiger partial charge in [0.25, 0.3) is 0 Å². The van der Waals surface area contributed by atoms with Crippen molar-refractivity contribution in [1.29, 1.82) is 0 Å². The summed E-state index contributed by atoms with van der Waals surface area (Å²) in [7, 11) is 0. The molecule has 0 aromatic rings. The Bertz CT molecular complexity index is 157. The summed E-state index contributed by atoms with van der Waals surface area (Å²) in [6, 6.07) is 0. The normalized spacial score (nSPS) is 18.1. The number of aliphatic hydroxyl groups is 2. The second-order valence-electron chi connectivity index (χ2n) is 2.62. The summed E-state index contributed by atoms with van der Waals surface area (Å²) in [5, 5.41) is 18.5. The molecule has 12 heavy (non-hydrogen) atoms. The Hall–Kier alpha value is -0.650. The van der Waals surface area contributed by atoms with Crippen LogP contribution in [0.4, 0.5) is 0 Å². The van der Waals surface area contributed by atoms with Crippen LogP contribution >= 0.6 is 0 Å². The van der Waals surface area contributed by atoms with E-state index in [2.05, 4.69) is 4.74 Å². The third kappa shape index (κ3) is 2.44. The quantitative estimate of drug-likeness (QED) is 0.460. The first-order chi connectivity index (χ1) is 5.46. The molecule has 0 aliphatic rings. The summed E-state index contributed by atoms with van der Waals surface area (Å²) in [5.74, 6) is -0.858. The van der Waals surface area contributed by atoms with Crippen LogP contribution in [0.3, 0.4) is 0 Å². The molecule has 0 unspecified atom stereocenters. The fraction of sp³-hybridized carbons (Fsp3) is 0.857. The number of carbonyl (C=O) groups is 1. The predicted octanol–water partition coefficient (Wildman–Crippen LogP) is -1.38. The molecule has 0 aliphatic carbocycles. The molecule has 0 fully saturated rings. The number of carbonyl (C=O) groups excluding carboxylic acids is 1. The average Bonchev–Trinajstić information content (AvgIpc) is 2.03. The lowest BCUT2D eigenvalue weighted by Gasteiger charge is -2.25. The molecule has 0 saturated carbocycles. The molecule has 5 nitrogen and oxygen atoms in total. The highest BCUT2D eigenvalue weighted by molar-refractivity contribution is 5.79. The minimum Gasteiger partial charge on any atom is -0.464 e. The van der Waals surface area contributed by atoms with Crippen molar-refractivity contribution < 1.29 is 19.7 Å². The molecule has 72 valence electrons. The molecule has 0 aliphatic heterocycles. The maximum atomic E-state index is 11.0. The number of rotatable bonds is 4. The van der Waals surface area contributed by atoms with Gasteiger partial charge in [-0.1, -0.05) is 0 Å². The van der Waals surface area contributed by atoms with Crippen LogP contribution in [-0.4, -0.2) is 41.0 Å². The van der Waals surface area contributed by atoms with E-state index in [1.165, 1.54) is 6.92 Å². The van der Waals surface area contributed by atoms with Crippen LogP contribution in [0, 0.1) is 0 Å². The van der Waals surface area contributed by atoms with Crippen LogP contribution in [0.2, 0.25) is 0 Å². The largest absolute Gasteiger partial charge is 0.464 e. The highest BCUT2D eigenvalue weighted by atomic mass is 16.6. The van der Waals surface area contributed by atoms with Crippen LogP contribution < -0.4 is 5.73 Å². The van der Waals surface area contributed by atoms with E-state index in [0.717, 1.165) is 0 Å². The standard InChI is InChI=1S/C7H15NO4/c1-3-12-6(10)7(2,11)5(9)4-8/h5,9,11H,3-4,8H2,1-2H3/t5-,7-/m1/s1. The highest BCUT2D eigenvalue weighted by Gasteiger charge is 2.38. The van der Waals surface area contributed by atoms with Gasteiger partial charge in [-0.15, -0.1) is 0 Å². The lowest BCUT2D eigenvalue weighted by Crippen LogP contribution is -2.51. The fourth-order valence-corrected chi connectivity index (χ4v) is 0.643. The van der Waals surface area contributed by atoms with E-state index in [1.807, 2.05) is 0 Å². The SMILES string of the molecule is CCOC(=O)[C@](C)(O)[C@H](O)CN. The number of esters is 1. The summed E-state index contributed by atoms with van der Waals surface area (Å²) in [4.78, 5) is 11.0. The number of ether oxygens (including phenoxy) is 1. The highest BCUT2D eigenvalue weighted by Crippen LogP contribution is 2.11. The number of hydrogen-bond acceptors (Lipinski definition) is 5. The zero-order valence-corrected chi connectivity index (χ0v) is 7.28. The summed E-state index contributed by atoms with van der Waals surface area (Å²) in [5.41, 5.74) is 3.16. The molecule has 0 heterocycles. The molecular weight excluding hydrogens is 162 g/mol. The van der Waals surface area contributed by atoms with Crippen molar-refractivity contribution >= 4 is 5.97 Å². The first kappa shape index (κ1) is 11.4. The predicted molar refractivity (Wildman–Crippen MR) is 42.3 cm³/mol. The second kappa shape index (κ2) is 4.39. The summed E-state index contributed by atoms with van der Waals surface area (Å²) in [6.45, 7) is 2.75. The third-order valence-corrected chi connectivity index (χ3v) is 1.56. The van der Waals surface area contributed by atoms with E-state index in [9.17, 15) is 9.90 Å². The molecule has 2 atom stereocenters. The van der Waals surface area contributed by atoms with E-state index >= 15 is 0 Å². The van der Waals surface area contributed by atoms with E-state index < -0.39 is 17.7 Å². The lowest BCUT2D eigenvalue weighted by molar-refractivity contribution is -0.174. The van der Waals surface area contributed by atoms with Crippen molar-refractivity contribution in [2.24, 2.45) is 5.73 Å². The van der Waals surface area contributed by atoms with Crippen molar-refractivity contribution in [1.82, 2.24) is 0 Å². The molecule has 0 bridgehead atoms. The van der Waals surface area contributed by atoms with Crippen molar-refractivity contribution in [2.75, 3.05) is 13.2 Å². The van der Waals surface area contributed by atoms with Crippen molar-refractivity contribution in [3.8, 4) is 0 Å². The van der Waals surface area contributed by atoms with Crippen molar-refractivity contribution in [3.63, 3.8) is 0 Å². The van der Waals surface area contributed by atoms with E-state index in [-0.39, 0.29) is 13.2 Å². The zero-order valence-electron chi connectivity index (χ0n) is 7.28. The summed E-state index contributed by atoms with van der Waals surface area (Å²) in [6.07, 6.45) is -1.29. The van der Waals surface area contributed by atoms with Gasteiger partial charge in [-0.2, -0.15) is 0 Å². The molecule has 0 amide bonds. The molecule has 0 radical (unpaired) electrons. The van der Waals surface area contributed by atoms with Crippen molar-refractivity contribution in [3.05, 3.63) is 0 Å². The van der Waals surface area contributed by atoms with Crippen LogP contribution in [0.1, 0.15) is 13.8 Å². The molecule has 5 heteroatoms. The number of aliphatic hydroxyl groups excluding tert-OH is 1. The minimum atomic E-state index is -1.91. The number of hydrogen-bond donors (Lipinski definition) is 3. The Labute approximate surface area is 71.1 Å².